The van der Waals surface area contributed by atoms with Gasteiger partial charge in [-0.25, -0.2) is 0 Å². The zero-order chi connectivity index (χ0) is 8.97. The van der Waals surface area contributed by atoms with Crippen molar-refractivity contribution in [2.75, 3.05) is 26.7 Å². The first kappa shape index (κ1) is 9.68. The van der Waals surface area contributed by atoms with Crippen molar-refractivity contribution in [3.63, 3.8) is 0 Å². The lowest BCUT2D eigenvalue weighted by Gasteiger charge is -2.24. The monoisotopic (exact) mass is 170 g/mol. The van der Waals surface area contributed by atoms with Gasteiger partial charge in [0.1, 0.15) is 5.78 Å². The molecule has 1 rings (SSSR count). The van der Waals surface area contributed by atoms with E-state index in [9.17, 15) is 4.79 Å². The van der Waals surface area contributed by atoms with Crippen LogP contribution in [0.25, 0.3) is 0 Å². The lowest BCUT2D eigenvalue weighted by atomic mass is 10.1. The Balaban J connectivity index is 2.39. The van der Waals surface area contributed by atoms with E-state index in [1.54, 1.807) is 6.92 Å². The summed E-state index contributed by atoms with van der Waals surface area (Å²) in [5.74, 6) is 0.269. The van der Waals surface area contributed by atoms with Crippen LogP contribution in [0.2, 0.25) is 0 Å². The Morgan fingerprint density at radius 3 is 2.92 bits per heavy atom. The van der Waals surface area contributed by atoms with Gasteiger partial charge in [0.15, 0.2) is 0 Å². The number of rotatable bonds is 1. The lowest BCUT2D eigenvalue weighted by molar-refractivity contribution is -0.119. The molecule has 1 N–H and O–H groups in total. The van der Waals surface area contributed by atoms with Crippen LogP contribution in [0.15, 0.2) is 0 Å². The molecule has 0 bridgehead atoms. The molecule has 0 radical (unpaired) electrons. The maximum absolute atomic E-state index is 11.1. The van der Waals surface area contributed by atoms with E-state index in [1.807, 2.05) is 0 Å². The fourth-order valence-corrected chi connectivity index (χ4v) is 1.54. The summed E-state index contributed by atoms with van der Waals surface area (Å²) >= 11 is 0. The van der Waals surface area contributed by atoms with E-state index in [2.05, 4.69) is 17.3 Å². The number of hydrogen-bond donors (Lipinski definition) is 1. The molecule has 0 aromatic heterocycles. The maximum Gasteiger partial charge on any atom is 0.146 e. The molecule has 70 valence electrons. The first-order valence-corrected chi connectivity index (χ1v) is 4.62. The van der Waals surface area contributed by atoms with Crippen LogP contribution in [0.3, 0.4) is 0 Å². The van der Waals surface area contributed by atoms with Crippen LogP contribution >= 0.6 is 0 Å². The molecule has 1 saturated heterocycles. The zero-order valence-electron chi connectivity index (χ0n) is 7.97. The number of hydrogen-bond acceptors (Lipinski definition) is 3. The molecular formula is C9H18N2O. The Morgan fingerprint density at radius 2 is 2.25 bits per heavy atom. The van der Waals surface area contributed by atoms with Crippen LogP contribution in [0, 0.1) is 0 Å². The Kier molecular flexibility index (Phi) is 3.69. The average molecular weight is 170 g/mol. The van der Waals surface area contributed by atoms with Gasteiger partial charge in [-0.15, -0.1) is 0 Å². The van der Waals surface area contributed by atoms with Gasteiger partial charge in [0.25, 0.3) is 0 Å². The van der Waals surface area contributed by atoms with Gasteiger partial charge >= 0.3 is 0 Å². The van der Waals surface area contributed by atoms with Gasteiger partial charge in [-0.2, -0.15) is 0 Å². The third-order valence-electron chi connectivity index (χ3n) is 2.40. The first-order chi connectivity index (χ1) is 5.70. The summed E-state index contributed by atoms with van der Waals surface area (Å²) in [7, 11) is 2.11. The van der Waals surface area contributed by atoms with Gasteiger partial charge < -0.3 is 10.2 Å². The fourth-order valence-electron chi connectivity index (χ4n) is 1.54. The number of nitrogens with zero attached hydrogens (tertiary/aromatic N) is 1. The van der Waals surface area contributed by atoms with E-state index >= 15 is 0 Å². The van der Waals surface area contributed by atoms with Crippen molar-refractivity contribution in [3.8, 4) is 0 Å². The highest BCUT2D eigenvalue weighted by Gasteiger charge is 2.15. The van der Waals surface area contributed by atoms with Gasteiger partial charge in [-0.05, 0) is 46.4 Å². The van der Waals surface area contributed by atoms with Crippen LogP contribution in [0.4, 0.5) is 0 Å². The molecule has 3 nitrogen and oxygen atoms in total. The van der Waals surface area contributed by atoms with Crippen molar-refractivity contribution in [2.24, 2.45) is 0 Å². The van der Waals surface area contributed by atoms with E-state index in [4.69, 9.17) is 0 Å². The normalized spacial score (nSPS) is 27.7. The zero-order valence-corrected chi connectivity index (χ0v) is 7.97. The van der Waals surface area contributed by atoms with Crippen molar-refractivity contribution in [3.05, 3.63) is 0 Å². The topological polar surface area (TPSA) is 32.3 Å². The molecule has 0 aromatic carbocycles. The minimum Gasteiger partial charge on any atom is -0.307 e. The van der Waals surface area contributed by atoms with Crippen molar-refractivity contribution in [1.29, 1.82) is 0 Å². The number of ketones is 1. The predicted molar refractivity (Wildman–Crippen MR) is 49.2 cm³/mol. The molecule has 0 aromatic rings. The predicted octanol–water partition coefficient (Wildman–Crippen LogP) is 0.259. The molecular weight excluding hydrogens is 152 g/mol. The van der Waals surface area contributed by atoms with Crippen LogP contribution in [0.5, 0.6) is 0 Å². The minimum absolute atomic E-state index is 0.0905. The van der Waals surface area contributed by atoms with Crippen LogP contribution < -0.4 is 5.32 Å². The maximum atomic E-state index is 11.1. The second kappa shape index (κ2) is 4.58. The first-order valence-electron chi connectivity index (χ1n) is 4.62. The molecule has 0 aliphatic carbocycles. The SMILES string of the molecule is CC(=O)C1CCN(C)CCCN1. The van der Waals surface area contributed by atoms with Crippen molar-refractivity contribution < 1.29 is 4.79 Å². The molecule has 1 aliphatic rings. The van der Waals surface area contributed by atoms with E-state index < -0.39 is 0 Å². The van der Waals surface area contributed by atoms with Crippen LogP contribution in [-0.2, 0) is 4.79 Å². The van der Waals surface area contributed by atoms with Crippen molar-refractivity contribution in [2.45, 2.75) is 25.8 Å². The summed E-state index contributed by atoms with van der Waals surface area (Å²) in [6, 6.07) is 0.0905. The van der Waals surface area contributed by atoms with Gasteiger partial charge in [0, 0.05) is 0 Å². The molecule has 3 heteroatoms. The minimum atomic E-state index is 0.0905. The summed E-state index contributed by atoms with van der Waals surface area (Å²) in [5, 5.41) is 3.27. The Bertz CT molecular complexity index is 159. The summed E-state index contributed by atoms with van der Waals surface area (Å²) in [5.41, 5.74) is 0. The number of nitrogens with one attached hydrogen (secondary N) is 1. The fraction of sp³-hybridized carbons (Fsp3) is 0.889. The quantitative estimate of drug-likeness (QED) is 0.612. The largest absolute Gasteiger partial charge is 0.307 e. The Labute approximate surface area is 74.1 Å². The Hall–Kier alpha value is -0.410. The van der Waals surface area contributed by atoms with Crippen LogP contribution in [0.1, 0.15) is 19.8 Å². The Morgan fingerprint density at radius 1 is 1.50 bits per heavy atom. The van der Waals surface area contributed by atoms with E-state index in [0.717, 1.165) is 32.5 Å². The molecule has 0 saturated carbocycles. The summed E-state index contributed by atoms with van der Waals surface area (Å²) in [4.78, 5) is 13.4. The third kappa shape index (κ3) is 2.91. The van der Waals surface area contributed by atoms with Gasteiger partial charge in [0.2, 0.25) is 0 Å². The summed E-state index contributed by atoms with van der Waals surface area (Å²) in [6.45, 7) is 4.79. The van der Waals surface area contributed by atoms with Gasteiger partial charge in [0.05, 0.1) is 6.04 Å². The highest BCUT2D eigenvalue weighted by atomic mass is 16.1. The van der Waals surface area contributed by atoms with Crippen molar-refractivity contribution >= 4 is 5.78 Å². The molecule has 1 atom stereocenters. The number of carbonyl (C=O) groups is 1. The standard InChI is InChI=1S/C9H18N2O/c1-8(12)9-4-7-11(2)6-3-5-10-9/h9-10H,3-7H2,1-2H3. The third-order valence-corrected chi connectivity index (χ3v) is 2.40. The summed E-state index contributed by atoms with van der Waals surface area (Å²) in [6.07, 6.45) is 2.09. The number of Topliss-reactive ketones (excluding diaryl/α,β-unsaturated/α-hetero) is 1. The number of carbonyl (C=O) groups excluding carboxylic acids is 1. The van der Waals surface area contributed by atoms with Gasteiger partial charge in [-0.3, -0.25) is 4.79 Å². The van der Waals surface area contributed by atoms with E-state index in [1.165, 1.54) is 0 Å². The van der Waals surface area contributed by atoms with Crippen LogP contribution in [-0.4, -0.2) is 43.4 Å². The molecule has 1 unspecified atom stereocenters. The second-order valence-electron chi connectivity index (χ2n) is 3.56. The lowest BCUT2D eigenvalue weighted by Crippen LogP contribution is -2.42. The van der Waals surface area contributed by atoms with Gasteiger partial charge in [-0.1, -0.05) is 0 Å². The highest BCUT2D eigenvalue weighted by molar-refractivity contribution is 5.81. The molecule has 0 spiro atoms. The molecule has 1 fully saturated rings. The van der Waals surface area contributed by atoms with Crippen molar-refractivity contribution in [1.82, 2.24) is 10.2 Å². The highest BCUT2D eigenvalue weighted by Crippen LogP contribution is 2.00. The molecule has 0 amide bonds. The van der Waals surface area contributed by atoms with E-state index in [-0.39, 0.29) is 11.8 Å². The molecule has 12 heavy (non-hydrogen) atoms. The van der Waals surface area contributed by atoms with E-state index in [0.29, 0.717) is 0 Å². The average Bonchev–Trinajstić information content (AvgIpc) is 1.97. The smallest absolute Gasteiger partial charge is 0.146 e. The summed E-state index contributed by atoms with van der Waals surface area (Å²) < 4.78 is 0. The molecule has 1 heterocycles. The second-order valence-corrected chi connectivity index (χ2v) is 3.56. The molecule has 1 aliphatic heterocycles.